The van der Waals surface area contributed by atoms with E-state index in [0.717, 1.165) is 46.1 Å². The molecule has 0 saturated carbocycles. The van der Waals surface area contributed by atoms with E-state index in [1.54, 1.807) is 18.9 Å². The molecule has 0 bridgehead atoms. The van der Waals surface area contributed by atoms with Gasteiger partial charge in [-0.1, -0.05) is 36.4 Å². The number of benzene rings is 3. The SMILES string of the molecule is CCOc1cccc2c1O[C@H](c1ccc(SC)cc1)N1N=C(c3cccc(OC)c3)C[C@H]21. The lowest BCUT2D eigenvalue weighted by Crippen LogP contribution is -2.33. The first-order chi connectivity index (χ1) is 15.7. The number of rotatable bonds is 6. The van der Waals surface area contributed by atoms with Gasteiger partial charge < -0.3 is 14.2 Å². The van der Waals surface area contributed by atoms with Gasteiger partial charge in [0.25, 0.3) is 0 Å². The van der Waals surface area contributed by atoms with Gasteiger partial charge in [0.2, 0.25) is 6.23 Å². The van der Waals surface area contributed by atoms with Crippen LogP contribution < -0.4 is 14.2 Å². The number of thioether (sulfide) groups is 1. The van der Waals surface area contributed by atoms with Crippen LogP contribution in [0.15, 0.2) is 76.7 Å². The van der Waals surface area contributed by atoms with Gasteiger partial charge in [-0.05, 0) is 43.5 Å². The number of hydrazone groups is 1. The van der Waals surface area contributed by atoms with Crippen molar-refractivity contribution in [2.75, 3.05) is 20.0 Å². The highest BCUT2D eigenvalue weighted by Crippen LogP contribution is 2.50. The van der Waals surface area contributed by atoms with Crippen molar-refractivity contribution in [2.24, 2.45) is 5.10 Å². The molecule has 2 aliphatic rings. The number of para-hydroxylation sites is 1. The molecule has 164 valence electrons. The van der Waals surface area contributed by atoms with Crippen LogP contribution in [0.5, 0.6) is 17.2 Å². The van der Waals surface area contributed by atoms with Gasteiger partial charge in [0.1, 0.15) is 5.75 Å². The summed E-state index contributed by atoms with van der Waals surface area (Å²) < 4.78 is 17.9. The molecule has 0 fully saturated rings. The summed E-state index contributed by atoms with van der Waals surface area (Å²) >= 11 is 1.73. The molecule has 5 nitrogen and oxygen atoms in total. The minimum atomic E-state index is -0.326. The summed E-state index contributed by atoms with van der Waals surface area (Å²) in [5.41, 5.74) is 4.27. The van der Waals surface area contributed by atoms with Gasteiger partial charge in [0.05, 0.1) is 25.5 Å². The quantitative estimate of drug-likeness (QED) is 0.431. The van der Waals surface area contributed by atoms with Gasteiger partial charge in [-0.2, -0.15) is 5.10 Å². The lowest BCUT2D eigenvalue weighted by molar-refractivity contribution is -0.0212. The Morgan fingerprint density at radius 3 is 2.66 bits per heavy atom. The summed E-state index contributed by atoms with van der Waals surface area (Å²) in [6, 6.07) is 22.8. The van der Waals surface area contributed by atoms with Crippen molar-refractivity contribution in [3.05, 3.63) is 83.4 Å². The van der Waals surface area contributed by atoms with Gasteiger partial charge >= 0.3 is 0 Å². The molecular weight excluding hydrogens is 420 g/mol. The van der Waals surface area contributed by atoms with Gasteiger partial charge in [-0.3, -0.25) is 0 Å². The first kappa shape index (κ1) is 20.8. The monoisotopic (exact) mass is 446 g/mol. The third kappa shape index (κ3) is 3.69. The second-order valence-corrected chi connectivity index (χ2v) is 8.61. The van der Waals surface area contributed by atoms with E-state index in [0.29, 0.717) is 6.61 Å². The summed E-state index contributed by atoms with van der Waals surface area (Å²) in [6.45, 7) is 2.58. The first-order valence-corrected chi connectivity index (χ1v) is 12.0. The van der Waals surface area contributed by atoms with E-state index in [2.05, 4.69) is 47.7 Å². The molecule has 3 aromatic rings. The number of hydrogen-bond donors (Lipinski definition) is 0. The fraction of sp³-hybridized carbons (Fsp3) is 0.269. The molecule has 2 aliphatic heterocycles. The highest BCUT2D eigenvalue weighted by Gasteiger charge is 2.42. The van der Waals surface area contributed by atoms with Gasteiger partial charge in [-0.15, -0.1) is 11.8 Å². The molecule has 2 atom stereocenters. The normalized spacial score (nSPS) is 19.0. The molecule has 0 aliphatic carbocycles. The Bertz CT molecular complexity index is 1150. The van der Waals surface area contributed by atoms with Crippen molar-refractivity contribution in [1.82, 2.24) is 5.01 Å². The number of hydrogen-bond acceptors (Lipinski definition) is 6. The molecule has 0 aromatic heterocycles. The number of methoxy groups -OCH3 is 1. The minimum absolute atomic E-state index is 0.0746. The Morgan fingerprint density at radius 2 is 1.91 bits per heavy atom. The minimum Gasteiger partial charge on any atom is -0.497 e. The summed E-state index contributed by atoms with van der Waals surface area (Å²) in [5.74, 6) is 2.43. The lowest BCUT2D eigenvalue weighted by Gasteiger charge is -2.38. The predicted octanol–water partition coefficient (Wildman–Crippen LogP) is 6.06. The largest absolute Gasteiger partial charge is 0.497 e. The maximum Gasteiger partial charge on any atom is 0.214 e. The second kappa shape index (κ2) is 8.79. The molecule has 5 rings (SSSR count). The topological polar surface area (TPSA) is 43.3 Å². The van der Waals surface area contributed by atoms with Crippen LogP contribution in [-0.4, -0.2) is 30.7 Å². The fourth-order valence-corrected chi connectivity index (χ4v) is 4.73. The van der Waals surface area contributed by atoms with Crippen LogP contribution in [0.1, 0.15) is 42.3 Å². The highest BCUT2D eigenvalue weighted by molar-refractivity contribution is 7.98. The third-order valence-corrected chi connectivity index (χ3v) is 6.63. The Morgan fingerprint density at radius 1 is 1.09 bits per heavy atom. The zero-order valence-corrected chi connectivity index (χ0v) is 19.3. The van der Waals surface area contributed by atoms with Crippen molar-refractivity contribution in [3.63, 3.8) is 0 Å². The molecular formula is C26H26N2O3S. The number of ether oxygens (including phenoxy) is 3. The van der Waals surface area contributed by atoms with Crippen molar-refractivity contribution in [3.8, 4) is 17.2 Å². The van der Waals surface area contributed by atoms with E-state index >= 15 is 0 Å². The average molecular weight is 447 g/mol. The highest BCUT2D eigenvalue weighted by atomic mass is 32.2. The van der Waals surface area contributed by atoms with Crippen LogP contribution >= 0.6 is 11.8 Å². The molecule has 0 N–H and O–H groups in total. The zero-order chi connectivity index (χ0) is 22.1. The Balaban J connectivity index is 1.59. The van der Waals surface area contributed by atoms with Crippen LogP contribution in [0.2, 0.25) is 0 Å². The van der Waals surface area contributed by atoms with Crippen molar-refractivity contribution in [1.29, 1.82) is 0 Å². The van der Waals surface area contributed by atoms with Crippen LogP contribution in [0.4, 0.5) is 0 Å². The molecule has 2 heterocycles. The van der Waals surface area contributed by atoms with Crippen LogP contribution in [0, 0.1) is 0 Å². The Hall–Kier alpha value is -3.12. The summed E-state index contributed by atoms with van der Waals surface area (Å²) in [7, 11) is 1.69. The van der Waals surface area contributed by atoms with E-state index < -0.39 is 0 Å². The van der Waals surface area contributed by atoms with Crippen LogP contribution in [0.25, 0.3) is 0 Å². The molecule has 0 saturated heterocycles. The molecule has 0 radical (unpaired) electrons. The van der Waals surface area contributed by atoms with Crippen molar-refractivity contribution >= 4 is 17.5 Å². The van der Waals surface area contributed by atoms with Crippen LogP contribution in [-0.2, 0) is 0 Å². The molecule has 3 aromatic carbocycles. The van der Waals surface area contributed by atoms with E-state index in [-0.39, 0.29) is 12.3 Å². The Labute approximate surface area is 193 Å². The van der Waals surface area contributed by atoms with E-state index in [4.69, 9.17) is 19.3 Å². The van der Waals surface area contributed by atoms with Gasteiger partial charge in [-0.25, -0.2) is 5.01 Å². The lowest BCUT2D eigenvalue weighted by atomic mass is 9.95. The maximum absolute atomic E-state index is 6.58. The van der Waals surface area contributed by atoms with Crippen molar-refractivity contribution in [2.45, 2.75) is 30.5 Å². The Kier molecular flexibility index (Phi) is 5.70. The fourth-order valence-electron chi connectivity index (χ4n) is 4.32. The number of fused-ring (bicyclic) bond motifs is 3. The summed E-state index contributed by atoms with van der Waals surface area (Å²) in [4.78, 5) is 1.22. The van der Waals surface area contributed by atoms with Crippen LogP contribution in [0.3, 0.4) is 0 Å². The van der Waals surface area contributed by atoms with Gasteiger partial charge in [0.15, 0.2) is 11.5 Å². The molecule has 6 heteroatoms. The standard InChI is InChI=1S/C26H26N2O3S/c1-4-30-24-10-6-9-21-23-16-22(18-7-5-8-19(15-18)29-2)27-28(23)26(31-25(21)24)17-11-13-20(32-3)14-12-17/h5-15,23,26H,4,16H2,1-3H3/t23-,26-/m1/s1. The number of nitrogens with zero attached hydrogens (tertiary/aromatic N) is 2. The molecule has 0 spiro atoms. The van der Waals surface area contributed by atoms with E-state index in [1.807, 2.05) is 37.3 Å². The van der Waals surface area contributed by atoms with E-state index in [1.165, 1.54) is 4.90 Å². The molecule has 0 amide bonds. The second-order valence-electron chi connectivity index (χ2n) is 7.73. The average Bonchev–Trinajstić information content (AvgIpc) is 3.30. The smallest absolute Gasteiger partial charge is 0.214 e. The first-order valence-electron chi connectivity index (χ1n) is 10.8. The maximum atomic E-state index is 6.58. The third-order valence-electron chi connectivity index (χ3n) is 5.88. The predicted molar refractivity (Wildman–Crippen MR) is 128 cm³/mol. The van der Waals surface area contributed by atoms with E-state index in [9.17, 15) is 0 Å². The molecule has 0 unspecified atom stereocenters. The van der Waals surface area contributed by atoms with Crippen molar-refractivity contribution < 1.29 is 14.2 Å². The zero-order valence-electron chi connectivity index (χ0n) is 18.4. The summed E-state index contributed by atoms with van der Waals surface area (Å²) in [6.07, 6.45) is 2.55. The molecule has 32 heavy (non-hydrogen) atoms. The summed E-state index contributed by atoms with van der Waals surface area (Å²) in [5, 5.41) is 7.15. The van der Waals surface area contributed by atoms with Gasteiger partial charge in [0, 0.05) is 28.0 Å².